The minimum absolute atomic E-state index is 0.118. The summed E-state index contributed by atoms with van der Waals surface area (Å²) in [6, 6.07) is 12.5. The Bertz CT molecular complexity index is 1150. The summed E-state index contributed by atoms with van der Waals surface area (Å²) in [6.07, 6.45) is 1.21. The van der Waals surface area contributed by atoms with Crippen LogP contribution >= 0.6 is 23.1 Å². The molecule has 4 nitrogen and oxygen atoms in total. The first-order valence-electron chi connectivity index (χ1n) is 10.5. The quantitative estimate of drug-likeness (QED) is 0.570. The van der Waals surface area contributed by atoms with Crippen LogP contribution in [0.5, 0.6) is 0 Å². The van der Waals surface area contributed by atoms with Crippen molar-refractivity contribution in [2.24, 2.45) is 11.1 Å². The molecule has 0 radical (unpaired) electrons. The summed E-state index contributed by atoms with van der Waals surface area (Å²) >= 11 is 3.42. The molecule has 1 aliphatic heterocycles. The summed E-state index contributed by atoms with van der Waals surface area (Å²) in [5.74, 6) is 1.09. The molecule has 2 heterocycles. The Morgan fingerprint density at radius 1 is 1.32 bits per heavy atom. The van der Waals surface area contributed by atoms with E-state index in [0.717, 1.165) is 44.5 Å². The van der Waals surface area contributed by atoms with E-state index in [4.69, 9.17) is 5.73 Å². The number of aryl methyl sites for hydroxylation is 1. The zero-order valence-electron chi connectivity index (χ0n) is 18.4. The maximum absolute atomic E-state index is 13.6. The van der Waals surface area contributed by atoms with Crippen molar-refractivity contribution < 1.29 is 4.79 Å². The van der Waals surface area contributed by atoms with Crippen LogP contribution in [0.4, 0.5) is 5.69 Å². The lowest BCUT2D eigenvalue weighted by molar-refractivity contribution is -0.118. The highest BCUT2D eigenvalue weighted by Gasteiger charge is 2.45. The van der Waals surface area contributed by atoms with E-state index in [1.165, 1.54) is 0 Å². The van der Waals surface area contributed by atoms with Gasteiger partial charge in [0.25, 0.3) is 0 Å². The molecule has 160 valence electrons. The highest BCUT2D eigenvalue weighted by atomic mass is 32.2. The van der Waals surface area contributed by atoms with Gasteiger partial charge in [0.05, 0.1) is 21.8 Å². The fourth-order valence-corrected chi connectivity index (χ4v) is 6.72. The molecule has 0 bridgehead atoms. The zero-order chi connectivity index (χ0) is 22.3. The third-order valence-corrected chi connectivity index (χ3v) is 8.04. The Labute approximate surface area is 192 Å². The van der Waals surface area contributed by atoms with Gasteiger partial charge in [-0.1, -0.05) is 32.9 Å². The van der Waals surface area contributed by atoms with Crippen LogP contribution < -0.4 is 10.6 Å². The van der Waals surface area contributed by atoms with E-state index in [9.17, 15) is 10.1 Å². The number of benzene rings is 1. The van der Waals surface area contributed by atoms with Crippen molar-refractivity contribution in [3.63, 3.8) is 0 Å². The number of anilines is 1. The van der Waals surface area contributed by atoms with Gasteiger partial charge in [0, 0.05) is 23.4 Å². The number of carbonyl (C=O) groups excluding carboxylic acids is 1. The number of thioether (sulfide) groups is 1. The summed E-state index contributed by atoms with van der Waals surface area (Å²) in [5.41, 5.74) is 11.7. The first kappa shape index (κ1) is 21.7. The van der Waals surface area contributed by atoms with Crippen LogP contribution in [0.3, 0.4) is 0 Å². The van der Waals surface area contributed by atoms with Crippen molar-refractivity contribution >= 4 is 34.6 Å². The molecule has 0 saturated heterocycles. The van der Waals surface area contributed by atoms with Gasteiger partial charge in [-0.2, -0.15) is 5.26 Å². The fraction of sp³-hybridized carbons (Fsp3) is 0.360. The number of carbonyl (C=O) groups is 1. The van der Waals surface area contributed by atoms with E-state index >= 15 is 0 Å². The molecule has 2 N–H and O–H groups in total. The van der Waals surface area contributed by atoms with Crippen molar-refractivity contribution in [2.45, 2.75) is 50.7 Å². The third kappa shape index (κ3) is 3.81. The van der Waals surface area contributed by atoms with E-state index in [2.05, 4.69) is 39.0 Å². The number of hydrogen-bond acceptors (Lipinski definition) is 6. The molecule has 0 amide bonds. The van der Waals surface area contributed by atoms with E-state index in [0.29, 0.717) is 17.8 Å². The molecule has 0 saturated carbocycles. The number of nitrogens with two attached hydrogens (primary N) is 1. The Hall–Kier alpha value is -2.49. The van der Waals surface area contributed by atoms with E-state index in [1.54, 1.807) is 23.1 Å². The highest BCUT2D eigenvalue weighted by Crippen LogP contribution is 2.52. The molecule has 2 aliphatic rings. The maximum atomic E-state index is 13.6. The van der Waals surface area contributed by atoms with Crippen molar-refractivity contribution in [3.8, 4) is 6.07 Å². The molecule has 0 spiro atoms. The lowest BCUT2D eigenvalue weighted by Gasteiger charge is -2.43. The molecule has 1 aliphatic carbocycles. The van der Waals surface area contributed by atoms with Crippen LogP contribution in [-0.2, 0) is 4.79 Å². The minimum atomic E-state index is -0.398. The molecule has 31 heavy (non-hydrogen) atoms. The Kier molecular flexibility index (Phi) is 5.76. The predicted octanol–water partition coefficient (Wildman–Crippen LogP) is 6.11. The van der Waals surface area contributed by atoms with Gasteiger partial charge in [-0.05, 0) is 59.2 Å². The van der Waals surface area contributed by atoms with Gasteiger partial charge >= 0.3 is 0 Å². The smallest absolute Gasteiger partial charge is 0.162 e. The molecule has 1 atom stereocenters. The standard InChI is InChI=1S/C25H27N3OS2/c1-5-30-24-17(9-10-31-24)21-18(14-26)23(27)28(16-8-6-7-15(2)11-16)19-12-25(3,4)13-20(29)22(19)21/h6-11,21H,5,12-13,27H2,1-4H3. The highest BCUT2D eigenvalue weighted by molar-refractivity contribution is 8.01. The molecule has 4 rings (SSSR count). The van der Waals surface area contributed by atoms with Crippen LogP contribution in [-0.4, -0.2) is 11.5 Å². The second-order valence-corrected chi connectivity index (χ2v) is 11.4. The van der Waals surface area contributed by atoms with Crippen molar-refractivity contribution in [1.29, 1.82) is 5.26 Å². The predicted molar refractivity (Wildman–Crippen MR) is 129 cm³/mol. The number of allylic oxidation sites excluding steroid dienone is 3. The van der Waals surface area contributed by atoms with Gasteiger partial charge in [0.2, 0.25) is 0 Å². The van der Waals surface area contributed by atoms with E-state index in [1.807, 2.05) is 35.4 Å². The maximum Gasteiger partial charge on any atom is 0.162 e. The lowest BCUT2D eigenvalue weighted by Crippen LogP contribution is -2.42. The van der Waals surface area contributed by atoms with Crippen molar-refractivity contribution in [2.75, 3.05) is 10.7 Å². The van der Waals surface area contributed by atoms with Crippen molar-refractivity contribution in [1.82, 2.24) is 0 Å². The van der Waals surface area contributed by atoms with Gasteiger partial charge in [-0.3, -0.25) is 9.69 Å². The van der Waals surface area contributed by atoms with Gasteiger partial charge in [0.1, 0.15) is 5.82 Å². The van der Waals surface area contributed by atoms with Crippen LogP contribution in [0, 0.1) is 23.7 Å². The number of ketones is 1. The molecular formula is C25H27N3OS2. The van der Waals surface area contributed by atoms with Gasteiger partial charge in [0.15, 0.2) is 5.78 Å². The Balaban J connectivity index is 2.00. The van der Waals surface area contributed by atoms with Gasteiger partial charge < -0.3 is 5.73 Å². The van der Waals surface area contributed by atoms with Crippen LogP contribution in [0.25, 0.3) is 0 Å². The first-order valence-corrected chi connectivity index (χ1v) is 12.4. The number of Topliss-reactive ketones (excluding diaryl/α,β-unsaturated/α-hetero) is 1. The molecule has 1 aromatic carbocycles. The second-order valence-electron chi connectivity index (χ2n) is 8.92. The largest absolute Gasteiger partial charge is 0.384 e. The number of nitrogens with zero attached hydrogens (tertiary/aromatic N) is 2. The molecular weight excluding hydrogens is 422 g/mol. The van der Waals surface area contributed by atoms with Crippen LogP contribution in [0.2, 0.25) is 0 Å². The van der Waals surface area contributed by atoms with Crippen molar-refractivity contribution in [3.05, 3.63) is 69.5 Å². The molecule has 1 unspecified atom stereocenters. The van der Waals surface area contributed by atoms with Crippen LogP contribution in [0.1, 0.15) is 50.7 Å². The summed E-state index contributed by atoms with van der Waals surface area (Å²) < 4.78 is 1.15. The number of thiophene rings is 1. The zero-order valence-corrected chi connectivity index (χ0v) is 20.0. The number of hydrogen-bond donors (Lipinski definition) is 1. The Morgan fingerprint density at radius 3 is 2.77 bits per heavy atom. The summed E-state index contributed by atoms with van der Waals surface area (Å²) in [5, 5.41) is 12.2. The third-order valence-electron chi connectivity index (χ3n) is 5.89. The normalized spacial score (nSPS) is 20.7. The lowest BCUT2D eigenvalue weighted by atomic mass is 9.69. The monoisotopic (exact) mass is 449 g/mol. The first-order chi connectivity index (χ1) is 14.8. The van der Waals surface area contributed by atoms with E-state index < -0.39 is 5.92 Å². The van der Waals surface area contributed by atoms with Crippen LogP contribution in [0.15, 0.2) is 62.6 Å². The second kappa shape index (κ2) is 8.22. The minimum Gasteiger partial charge on any atom is -0.384 e. The molecule has 2 aromatic rings. The Morgan fingerprint density at radius 2 is 2.10 bits per heavy atom. The molecule has 0 fully saturated rings. The van der Waals surface area contributed by atoms with E-state index in [-0.39, 0.29) is 11.2 Å². The molecule has 6 heteroatoms. The topological polar surface area (TPSA) is 70.1 Å². The average Bonchev–Trinajstić information content (AvgIpc) is 3.14. The van der Waals surface area contributed by atoms with Gasteiger partial charge in [-0.15, -0.1) is 23.1 Å². The average molecular weight is 450 g/mol. The summed E-state index contributed by atoms with van der Waals surface area (Å²) in [7, 11) is 0. The number of nitriles is 1. The SMILES string of the molecule is CCSc1sccc1C1C(C#N)=C(N)N(c2cccc(C)c2)C2=C1C(=O)CC(C)(C)C2. The summed E-state index contributed by atoms with van der Waals surface area (Å²) in [6.45, 7) is 8.40. The fourth-order valence-electron chi connectivity index (χ4n) is 4.65. The number of rotatable bonds is 4. The molecule has 1 aromatic heterocycles. The summed E-state index contributed by atoms with van der Waals surface area (Å²) in [4.78, 5) is 15.5. The van der Waals surface area contributed by atoms with Gasteiger partial charge in [-0.25, -0.2) is 0 Å².